The summed E-state index contributed by atoms with van der Waals surface area (Å²) >= 11 is 1.64. The highest BCUT2D eigenvalue weighted by molar-refractivity contribution is 8.00. The summed E-state index contributed by atoms with van der Waals surface area (Å²) in [7, 11) is 0. The zero-order chi connectivity index (χ0) is 18.4. The van der Waals surface area contributed by atoms with Crippen molar-refractivity contribution in [3.63, 3.8) is 0 Å². The molecule has 2 aliphatic rings. The first-order valence-corrected chi connectivity index (χ1v) is 10.8. The van der Waals surface area contributed by atoms with Crippen molar-refractivity contribution < 1.29 is 9.53 Å². The first-order chi connectivity index (χ1) is 12.6. The Kier molecular flexibility index (Phi) is 7.01. The summed E-state index contributed by atoms with van der Waals surface area (Å²) in [5, 5.41) is 3.20. The predicted molar refractivity (Wildman–Crippen MR) is 108 cm³/mol. The number of nitrogens with one attached hydrogen (secondary N) is 1. The third-order valence-electron chi connectivity index (χ3n) is 5.76. The monoisotopic (exact) mass is 376 g/mol. The fraction of sp³-hybridized carbons (Fsp3) is 0.667. The maximum atomic E-state index is 12.7. The van der Waals surface area contributed by atoms with Crippen molar-refractivity contribution in [2.24, 2.45) is 0 Å². The van der Waals surface area contributed by atoms with Gasteiger partial charge in [-0.3, -0.25) is 9.69 Å². The number of amides is 1. The summed E-state index contributed by atoms with van der Waals surface area (Å²) in [6.45, 7) is 8.46. The number of carbonyl (C=O) groups is 1. The molecule has 0 bridgehead atoms. The zero-order valence-corrected chi connectivity index (χ0v) is 16.9. The van der Waals surface area contributed by atoms with Gasteiger partial charge >= 0.3 is 0 Å². The lowest BCUT2D eigenvalue weighted by atomic mass is 9.79. The van der Waals surface area contributed by atoms with E-state index in [2.05, 4.69) is 41.4 Å². The standard InChI is InChI=1S/C21H32N2O2S/c1-17-6-8-19(9-7-17)26-18(2)20(24)22-16-21(10-4-3-5-11-21)23-12-14-25-15-13-23/h6-9,18H,3-5,10-16H2,1-2H3,(H,22,24). The van der Waals surface area contributed by atoms with Gasteiger partial charge in [-0.1, -0.05) is 37.0 Å². The van der Waals surface area contributed by atoms with Crippen LogP contribution in [0, 0.1) is 6.92 Å². The summed E-state index contributed by atoms with van der Waals surface area (Å²) in [6, 6.07) is 8.39. The molecule has 1 aliphatic carbocycles. The minimum atomic E-state index is -0.0805. The van der Waals surface area contributed by atoms with Gasteiger partial charge in [-0.05, 0) is 38.8 Å². The smallest absolute Gasteiger partial charge is 0.233 e. The van der Waals surface area contributed by atoms with Crippen molar-refractivity contribution in [1.82, 2.24) is 10.2 Å². The SMILES string of the molecule is Cc1ccc(SC(C)C(=O)NCC2(N3CCOCC3)CCCCC2)cc1. The van der Waals surface area contributed by atoms with Gasteiger partial charge in [0, 0.05) is 30.1 Å². The van der Waals surface area contributed by atoms with E-state index in [0.717, 1.165) is 37.7 Å². The number of benzene rings is 1. The van der Waals surface area contributed by atoms with Crippen LogP contribution in [0.5, 0.6) is 0 Å². The molecule has 5 heteroatoms. The Morgan fingerprint density at radius 1 is 1.19 bits per heavy atom. The van der Waals surface area contributed by atoms with Gasteiger partial charge in [-0.2, -0.15) is 0 Å². The number of rotatable bonds is 6. The Morgan fingerprint density at radius 3 is 2.50 bits per heavy atom. The zero-order valence-electron chi connectivity index (χ0n) is 16.1. The van der Waals surface area contributed by atoms with E-state index in [0.29, 0.717) is 0 Å². The average Bonchev–Trinajstić information content (AvgIpc) is 2.69. The van der Waals surface area contributed by atoms with E-state index in [1.165, 1.54) is 37.7 Å². The largest absolute Gasteiger partial charge is 0.379 e. The molecule has 2 fully saturated rings. The number of thioether (sulfide) groups is 1. The van der Waals surface area contributed by atoms with Crippen molar-refractivity contribution in [2.45, 2.75) is 61.6 Å². The van der Waals surface area contributed by atoms with Gasteiger partial charge in [0.25, 0.3) is 0 Å². The maximum absolute atomic E-state index is 12.7. The van der Waals surface area contributed by atoms with Crippen LogP contribution in [0.1, 0.15) is 44.6 Å². The van der Waals surface area contributed by atoms with Gasteiger partial charge in [0.2, 0.25) is 5.91 Å². The molecule has 1 amide bonds. The van der Waals surface area contributed by atoms with Gasteiger partial charge in [0.05, 0.1) is 18.5 Å². The van der Waals surface area contributed by atoms with Crippen LogP contribution in [-0.2, 0) is 9.53 Å². The number of aryl methyl sites for hydroxylation is 1. The molecule has 1 saturated heterocycles. The molecule has 0 radical (unpaired) electrons. The van der Waals surface area contributed by atoms with Crippen molar-refractivity contribution in [2.75, 3.05) is 32.8 Å². The third-order valence-corrected chi connectivity index (χ3v) is 6.87. The van der Waals surface area contributed by atoms with Gasteiger partial charge < -0.3 is 10.1 Å². The van der Waals surface area contributed by atoms with Crippen LogP contribution in [0.3, 0.4) is 0 Å². The van der Waals surface area contributed by atoms with E-state index in [1.54, 1.807) is 11.8 Å². The molecule has 0 spiro atoms. The minimum absolute atomic E-state index is 0.0805. The second-order valence-corrected chi connectivity index (χ2v) is 9.09. The Morgan fingerprint density at radius 2 is 1.85 bits per heavy atom. The minimum Gasteiger partial charge on any atom is -0.379 e. The lowest BCUT2D eigenvalue weighted by Crippen LogP contribution is -2.60. The van der Waals surface area contributed by atoms with Crippen molar-refractivity contribution in [1.29, 1.82) is 0 Å². The van der Waals surface area contributed by atoms with Crippen LogP contribution >= 0.6 is 11.8 Å². The molecule has 1 aromatic rings. The Labute approximate surface area is 162 Å². The van der Waals surface area contributed by atoms with E-state index >= 15 is 0 Å². The highest BCUT2D eigenvalue weighted by atomic mass is 32.2. The molecule has 1 saturated carbocycles. The number of hydrogen-bond donors (Lipinski definition) is 1. The number of ether oxygens (including phenoxy) is 1. The van der Waals surface area contributed by atoms with Crippen molar-refractivity contribution >= 4 is 17.7 Å². The van der Waals surface area contributed by atoms with Crippen LogP contribution in [0.15, 0.2) is 29.2 Å². The van der Waals surface area contributed by atoms with Gasteiger partial charge in [-0.15, -0.1) is 11.8 Å². The molecule has 1 aliphatic heterocycles. The lowest BCUT2D eigenvalue weighted by molar-refractivity contribution is -0.121. The Hall–Kier alpha value is -1.04. The number of carbonyl (C=O) groups excluding carboxylic acids is 1. The summed E-state index contributed by atoms with van der Waals surface area (Å²) in [4.78, 5) is 16.4. The van der Waals surface area contributed by atoms with Crippen LogP contribution in [0.2, 0.25) is 0 Å². The fourth-order valence-corrected chi connectivity index (χ4v) is 5.01. The van der Waals surface area contributed by atoms with Crippen LogP contribution in [0.4, 0.5) is 0 Å². The molecule has 26 heavy (non-hydrogen) atoms. The number of nitrogens with zero attached hydrogens (tertiary/aromatic N) is 1. The molecule has 1 atom stereocenters. The second-order valence-electron chi connectivity index (χ2n) is 7.68. The van der Waals surface area contributed by atoms with Gasteiger partial charge in [0.1, 0.15) is 0 Å². The highest BCUT2D eigenvalue weighted by Crippen LogP contribution is 2.34. The fourth-order valence-electron chi connectivity index (χ4n) is 4.12. The summed E-state index contributed by atoms with van der Waals surface area (Å²) in [5.74, 6) is 0.147. The van der Waals surface area contributed by atoms with E-state index in [-0.39, 0.29) is 16.7 Å². The first kappa shape index (κ1) is 19.7. The molecular weight excluding hydrogens is 344 g/mol. The Bertz CT molecular complexity index is 578. The van der Waals surface area contributed by atoms with E-state index in [9.17, 15) is 4.79 Å². The lowest BCUT2D eigenvalue weighted by Gasteiger charge is -2.48. The van der Waals surface area contributed by atoms with E-state index in [4.69, 9.17) is 4.74 Å². The molecule has 4 nitrogen and oxygen atoms in total. The molecular formula is C21H32N2O2S. The van der Waals surface area contributed by atoms with Crippen LogP contribution in [-0.4, -0.2) is 54.4 Å². The van der Waals surface area contributed by atoms with Crippen LogP contribution < -0.4 is 5.32 Å². The summed E-state index contributed by atoms with van der Waals surface area (Å²) < 4.78 is 5.54. The number of morpholine rings is 1. The Balaban J connectivity index is 1.57. The molecule has 144 valence electrons. The summed E-state index contributed by atoms with van der Waals surface area (Å²) in [6.07, 6.45) is 6.22. The van der Waals surface area contributed by atoms with Gasteiger partial charge in [-0.25, -0.2) is 0 Å². The summed E-state index contributed by atoms with van der Waals surface area (Å²) in [5.41, 5.74) is 1.38. The number of hydrogen-bond acceptors (Lipinski definition) is 4. The molecule has 1 heterocycles. The van der Waals surface area contributed by atoms with Crippen molar-refractivity contribution in [3.05, 3.63) is 29.8 Å². The quantitative estimate of drug-likeness (QED) is 0.770. The molecule has 1 unspecified atom stereocenters. The topological polar surface area (TPSA) is 41.6 Å². The van der Waals surface area contributed by atoms with Gasteiger partial charge in [0.15, 0.2) is 0 Å². The maximum Gasteiger partial charge on any atom is 0.233 e. The molecule has 1 N–H and O–H groups in total. The normalized spacial score (nSPS) is 21.9. The van der Waals surface area contributed by atoms with E-state index < -0.39 is 0 Å². The average molecular weight is 377 g/mol. The molecule has 1 aromatic carbocycles. The van der Waals surface area contributed by atoms with Crippen LogP contribution in [0.25, 0.3) is 0 Å². The first-order valence-electron chi connectivity index (χ1n) is 9.93. The highest BCUT2D eigenvalue weighted by Gasteiger charge is 2.39. The second kappa shape index (κ2) is 9.25. The third kappa shape index (κ3) is 5.02. The predicted octanol–water partition coefficient (Wildman–Crippen LogP) is 3.63. The molecule has 0 aromatic heterocycles. The van der Waals surface area contributed by atoms with Crippen molar-refractivity contribution in [3.8, 4) is 0 Å². The molecule has 3 rings (SSSR count). The van der Waals surface area contributed by atoms with E-state index in [1.807, 2.05) is 6.92 Å².